The summed E-state index contributed by atoms with van der Waals surface area (Å²) in [6.07, 6.45) is 3.82. The van der Waals surface area contributed by atoms with E-state index in [1.54, 1.807) is 14.2 Å². The van der Waals surface area contributed by atoms with Crippen molar-refractivity contribution in [1.82, 2.24) is 0 Å². The molecule has 0 radical (unpaired) electrons. The molecule has 0 aliphatic heterocycles. The van der Waals surface area contributed by atoms with Crippen molar-refractivity contribution >= 4 is 5.97 Å². The Morgan fingerprint density at radius 2 is 1.76 bits per heavy atom. The predicted molar refractivity (Wildman–Crippen MR) is 80.8 cm³/mol. The Kier molecular flexibility index (Phi) is 4.89. The van der Waals surface area contributed by atoms with Gasteiger partial charge in [-0.25, -0.2) is 0 Å². The summed E-state index contributed by atoms with van der Waals surface area (Å²) in [6, 6.07) is 5.67. The van der Waals surface area contributed by atoms with Gasteiger partial charge in [0.1, 0.15) is 11.5 Å². The molecule has 0 heterocycles. The molecule has 4 heteroatoms. The largest absolute Gasteiger partial charge is 0.496 e. The van der Waals surface area contributed by atoms with Gasteiger partial charge in [-0.3, -0.25) is 4.79 Å². The lowest BCUT2D eigenvalue weighted by Crippen LogP contribution is -2.26. The number of rotatable bonds is 4. The van der Waals surface area contributed by atoms with E-state index in [2.05, 4.69) is 13.0 Å². The first-order valence-electron chi connectivity index (χ1n) is 7.08. The molecule has 21 heavy (non-hydrogen) atoms. The minimum atomic E-state index is -0.205. The summed E-state index contributed by atoms with van der Waals surface area (Å²) < 4.78 is 15.9. The molecular weight excluding hydrogens is 268 g/mol. The SMILES string of the molecule is COC(=O)[C@@H]1CCC(C)=C[C@H]1c1c(OC)cccc1OC. The van der Waals surface area contributed by atoms with Crippen molar-refractivity contribution < 1.29 is 19.0 Å². The highest BCUT2D eigenvalue weighted by Gasteiger charge is 2.35. The molecule has 1 aromatic carbocycles. The molecule has 2 atom stereocenters. The molecule has 1 aromatic rings. The van der Waals surface area contributed by atoms with E-state index in [9.17, 15) is 4.79 Å². The maximum Gasteiger partial charge on any atom is 0.309 e. The van der Waals surface area contributed by atoms with Gasteiger partial charge in [0.25, 0.3) is 0 Å². The third-order valence-electron chi connectivity index (χ3n) is 4.05. The Morgan fingerprint density at radius 3 is 2.29 bits per heavy atom. The van der Waals surface area contributed by atoms with E-state index in [1.807, 2.05) is 18.2 Å². The Hall–Kier alpha value is -1.97. The predicted octanol–water partition coefficient (Wildman–Crippen LogP) is 3.32. The molecule has 0 saturated carbocycles. The van der Waals surface area contributed by atoms with E-state index in [4.69, 9.17) is 14.2 Å². The number of allylic oxidation sites excluding steroid dienone is 2. The second-order valence-electron chi connectivity index (χ2n) is 5.28. The second-order valence-corrected chi connectivity index (χ2v) is 5.28. The molecule has 0 aromatic heterocycles. The summed E-state index contributed by atoms with van der Waals surface area (Å²) in [4.78, 5) is 12.1. The van der Waals surface area contributed by atoms with Crippen molar-refractivity contribution in [2.75, 3.05) is 21.3 Å². The summed E-state index contributed by atoms with van der Waals surface area (Å²) >= 11 is 0. The van der Waals surface area contributed by atoms with Gasteiger partial charge in [0.15, 0.2) is 0 Å². The zero-order valence-corrected chi connectivity index (χ0v) is 13.0. The number of methoxy groups -OCH3 is 3. The van der Waals surface area contributed by atoms with E-state index in [-0.39, 0.29) is 17.8 Å². The molecule has 0 fully saturated rings. The van der Waals surface area contributed by atoms with Crippen LogP contribution in [0.3, 0.4) is 0 Å². The molecule has 2 rings (SSSR count). The van der Waals surface area contributed by atoms with Crippen LogP contribution in [0.4, 0.5) is 0 Å². The van der Waals surface area contributed by atoms with E-state index in [0.717, 1.165) is 29.9 Å². The fourth-order valence-corrected chi connectivity index (χ4v) is 2.98. The van der Waals surface area contributed by atoms with Crippen molar-refractivity contribution in [3.8, 4) is 11.5 Å². The maximum absolute atomic E-state index is 12.1. The monoisotopic (exact) mass is 290 g/mol. The highest BCUT2D eigenvalue weighted by atomic mass is 16.5. The minimum Gasteiger partial charge on any atom is -0.496 e. The third-order valence-corrected chi connectivity index (χ3v) is 4.05. The topological polar surface area (TPSA) is 44.8 Å². The molecular formula is C17H22O4. The van der Waals surface area contributed by atoms with E-state index >= 15 is 0 Å². The maximum atomic E-state index is 12.1. The highest BCUT2D eigenvalue weighted by Crippen LogP contribution is 2.44. The van der Waals surface area contributed by atoms with Crippen LogP contribution in [0, 0.1) is 5.92 Å². The summed E-state index contributed by atoms with van der Waals surface area (Å²) in [7, 11) is 4.69. The van der Waals surface area contributed by atoms with Gasteiger partial charge in [-0.05, 0) is 31.9 Å². The van der Waals surface area contributed by atoms with Crippen molar-refractivity contribution in [2.24, 2.45) is 5.92 Å². The van der Waals surface area contributed by atoms with Crippen molar-refractivity contribution in [2.45, 2.75) is 25.7 Å². The highest BCUT2D eigenvalue weighted by molar-refractivity contribution is 5.75. The summed E-state index contributed by atoms with van der Waals surface area (Å²) in [5.74, 6) is 0.997. The molecule has 0 saturated heterocycles. The van der Waals surface area contributed by atoms with Gasteiger partial charge in [0.2, 0.25) is 0 Å². The smallest absolute Gasteiger partial charge is 0.309 e. The zero-order chi connectivity index (χ0) is 15.4. The number of benzene rings is 1. The van der Waals surface area contributed by atoms with Gasteiger partial charge in [0.05, 0.1) is 27.2 Å². The van der Waals surface area contributed by atoms with Crippen LogP contribution in [0.15, 0.2) is 29.8 Å². The standard InChI is InChI=1S/C17H22O4/c1-11-8-9-12(17(18)21-4)13(10-11)16-14(19-2)6-5-7-15(16)20-3/h5-7,10,12-13H,8-9H2,1-4H3/t12-,13-/m1/s1. The van der Waals surface area contributed by atoms with E-state index in [1.165, 1.54) is 12.7 Å². The first kappa shape index (κ1) is 15.4. The minimum absolute atomic E-state index is 0.0858. The van der Waals surface area contributed by atoms with Gasteiger partial charge in [-0.15, -0.1) is 0 Å². The van der Waals surface area contributed by atoms with Crippen LogP contribution < -0.4 is 9.47 Å². The number of carbonyl (C=O) groups is 1. The van der Waals surface area contributed by atoms with Gasteiger partial charge < -0.3 is 14.2 Å². The third kappa shape index (κ3) is 3.04. The van der Waals surface area contributed by atoms with Crippen LogP contribution in [0.5, 0.6) is 11.5 Å². The Bertz CT molecular complexity index is 525. The Labute approximate surface area is 125 Å². The second kappa shape index (κ2) is 6.66. The molecule has 114 valence electrons. The molecule has 1 aliphatic carbocycles. The average Bonchev–Trinajstić information content (AvgIpc) is 2.53. The van der Waals surface area contributed by atoms with E-state index in [0.29, 0.717) is 0 Å². The van der Waals surface area contributed by atoms with E-state index < -0.39 is 0 Å². The molecule has 0 N–H and O–H groups in total. The summed E-state index contributed by atoms with van der Waals surface area (Å²) in [6.45, 7) is 2.09. The van der Waals surface area contributed by atoms with Gasteiger partial charge in [-0.2, -0.15) is 0 Å². The Balaban J connectivity index is 2.55. The zero-order valence-electron chi connectivity index (χ0n) is 13.0. The number of hydrogen-bond donors (Lipinski definition) is 0. The van der Waals surface area contributed by atoms with Crippen LogP contribution in [-0.2, 0) is 9.53 Å². The molecule has 0 amide bonds. The first-order valence-corrected chi connectivity index (χ1v) is 7.08. The number of hydrogen-bond acceptors (Lipinski definition) is 4. The lowest BCUT2D eigenvalue weighted by molar-refractivity contribution is -0.146. The molecule has 1 aliphatic rings. The van der Waals surface area contributed by atoms with Crippen LogP contribution in [0.25, 0.3) is 0 Å². The molecule has 0 bridgehead atoms. The van der Waals surface area contributed by atoms with Crippen molar-refractivity contribution in [3.63, 3.8) is 0 Å². The number of ether oxygens (including phenoxy) is 3. The first-order chi connectivity index (χ1) is 10.1. The summed E-state index contributed by atoms with van der Waals surface area (Å²) in [5, 5.41) is 0. The number of esters is 1. The van der Waals surface area contributed by atoms with Crippen LogP contribution >= 0.6 is 0 Å². The van der Waals surface area contributed by atoms with Crippen LogP contribution in [0.1, 0.15) is 31.2 Å². The van der Waals surface area contributed by atoms with Crippen molar-refractivity contribution in [3.05, 3.63) is 35.4 Å². The lowest BCUT2D eigenvalue weighted by atomic mass is 9.76. The molecule has 4 nitrogen and oxygen atoms in total. The Morgan fingerprint density at radius 1 is 1.14 bits per heavy atom. The van der Waals surface area contributed by atoms with Gasteiger partial charge >= 0.3 is 5.97 Å². The fourth-order valence-electron chi connectivity index (χ4n) is 2.98. The van der Waals surface area contributed by atoms with Gasteiger partial charge in [-0.1, -0.05) is 17.7 Å². The van der Waals surface area contributed by atoms with Crippen molar-refractivity contribution in [1.29, 1.82) is 0 Å². The molecule has 0 unspecified atom stereocenters. The van der Waals surface area contributed by atoms with Crippen LogP contribution in [-0.4, -0.2) is 27.3 Å². The number of carbonyl (C=O) groups excluding carboxylic acids is 1. The summed E-state index contributed by atoms with van der Waals surface area (Å²) in [5.41, 5.74) is 2.19. The lowest BCUT2D eigenvalue weighted by Gasteiger charge is -2.30. The van der Waals surface area contributed by atoms with Gasteiger partial charge in [0, 0.05) is 11.5 Å². The fraction of sp³-hybridized carbons (Fsp3) is 0.471. The normalized spacial score (nSPS) is 21.4. The molecule has 0 spiro atoms. The quantitative estimate of drug-likeness (QED) is 0.630. The van der Waals surface area contributed by atoms with Crippen LogP contribution in [0.2, 0.25) is 0 Å². The average molecular weight is 290 g/mol.